The van der Waals surface area contributed by atoms with Gasteiger partial charge in [0.25, 0.3) is 0 Å². The largest absolute Gasteiger partial charge is 0.454 e. The van der Waals surface area contributed by atoms with E-state index in [1.54, 1.807) is 0 Å². The summed E-state index contributed by atoms with van der Waals surface area (Å²) in [5.74, 6) is 1.53. The Morgan fingerprint density at radius 3 is 3.00 bits per heavy atom. The van der Waals surface area contributed by atoms with E-state index in [0.717, 1.165) is 47.5 Å². The third kappa shape index (κ3) is 3.18. The van der Waals surface area contributed by atoms with E-state index in [2.05, 4.69) is 28.2 Å². The van der Waals surface area contributed by atoms with E-state index in [1.807, 2.05) is 12.1 Å². The van der Waals surface area contributed by atoms with E-state index in [0.29, 0.717) is 6.54 Å². The average Bonchev–Trinajstić information content (AvgIpc) is 3.09. The predicted octanol–water partition coefficient (Wildman–Crippen LogP) is 2.34. The molecule has 0 aliphatic carbocycles. The summed E-state index contributed by atoms with van der Waals surface area (Å²) >= 11 is 3.53. The molecule has 0 radical (unpaired) electrons. The number of nitrogens with two attached hydrogens (primary N) is 1. The molecule has 2 heterocycles. The van der Waals surface area contributed by atoms with Crippen LogP contribution in [0, 0.1) is 0 Å². The van der Waals surface area contributed by atoms with Crippen LogP contribution in [0.15, 0.2) is 16.6 Å². The Morgan fingerprint density at radius 2 is 2.29 bits per heavy atom. The number of fused-ring (bicyclic) bond motifs is 1. The normalized spacial score (nSPS) is 25.3. The SMILES string of the molecule is CC1(CNC(CN)c2cc(Br)c3c(c2)OCO3)CCCO1. The fraction of sp³-hybridized carbons (Fsp3) is 0.600. The molecule has 2 unspecified atom stereocenters. The molecule has 0 aromatic heterocycles. The lowest BCUT2D eigenvalue weighted by molar-refractivity contribution is 0.0189. The minimum atomic E-state index is -0.0824. The molecule has 2 atom stereocenters. The highest BCUT2D eigenvalue weighted by Gasteiger charge is 2.30. The van der Waals surface area contributed by atoms with Gasteiger partial charge in [-0.1, -0.05) is 0 Å². The minimum absolute atomic E-state index is 0.0665. The van der Waals surface area contributed by atoms with Crippen LogP contribution in [0.4, 0.5) is 0 Å². The maximum atomic E-state index is 5.94. The van der Waals surface area contributed by atoms with Crippen LogP contribution in [0.3, 0.4) is 0 Å². The third-order valence-corrected chi connectivity index (χ3v) is 4.70. The van der Waals surface area contributed by atoms with Crippen molar-refractivity contribution >= 4 is 15.9 Å². The molecule has 5 nitrogen and oxygen atoms in total. The molecule has 0 amide bonds. The van der Waals surface area contributed by atoms with Gasteiger partial charge in [-0.05, 0) is 53.4 Å². The van der Waals surface area contributed by atoms with Crippen molar-refractivity contribution in [2.75, 3.05) is 26.5 Å². The summed E-state index contributed by atoms with van der Waals surface area (Å²) in [7, 11) is 0. The summed E-state index contributed by atoms with van der Waals surface area (Å²) in [4.78, 5) is 0. The first-order valence-corrected chi connectivity index (χ1v) is 8.07. The van der Waals surface area contributed by atoms with Gasteiger partial charge in [0.2, 0.25) is 6.79 Å². The van der Waals surface area contributed by atoms with Crippen molar-refractivity contribution in [1.82, 2.24) is 5.32 Å². The number of ether oxygens (including phenoxy) is 3. The van der Waals surface area contributed by atoms with Gasteiger partial charge in [0, 0.05) is 25.7 Å². The van der Waals surface area contributed by atoms with Gasteiger partial charge >= 0.3 is 0 Å². The van der Waals surface area contributed by atoms with Crippen LogP contribution in [-0.4, -0.2) is 32.1 Å². The van der Waals surface area contributed by atoms with E-state index in [9.17, 15) is 0 Å². The molecule has 2 aliphatic heterocycles. The second-order valence-corrected chi connectivity index (χ2v) is 6.66. The zero-order chi connectivity index (χ0) is 14.9. The van der Waals surface area contributed by atoms with Crippen molar-refractivity contribution in [3.63, 3.8) is 0 Å². The lowest BCUT2D eigenvalue weighted by atomic mass is 10.0. The van der Waals surface area contributed by atoms with Crippen LogP contribution < -0.4 is 20.5 Å². The fourth-order valence-electron chi connectivity index (χ4n) is 2.84. The Labute approximate surface area is 133 Å². The van der Waals surface area contributed by atoms with Gasteiger partial charge in [-0.15, -0.1) is 0 Å². The zero-order valence-corrected chi connectivity index (χ0v) is 13.7. The van der Waals surface area contributed by atoms with Crippen molar-refractivity contribution in [1.29, 1.82) is 0 Å². The topological polar surface area (TPSA) is 65.7 Å². The molecule has 21 heavy (non-hydrogen) atoms. The van der Waals surface area contributed by atoms with E-state index in [4.69, 9.17) is 19.9 Å². The molecule has 1 saturated heterocycles. The molecule has 2 aliphatic rings. The molecule has 1 aromatic rings. The molecule has 3 N–H and O–H groups in total. The van der Waals surface area contributed by atoms with E-state index in [-0.39, 0.29) is 18.4 Å². The zero-order valence-electron chi connectivity index (χ0n) is 12.2. The highest BCUT2D eigenvalue weighted by molar-refractivity contribution is 9.10. The van der Waals surface area contributed by atoms with Gasteiger partial charge in [0.15, 0.2) is 11.5 Å². The second-order valence-electron chi connectivity index (χ2n) is 5.81. The van der Waals surface area contributed by atoms with Crippen molar-refractivity contribution in [3.05, 3.63) is 22.2 Å². The van der Waals surface area contributed by atoms with Crippen molar-refractivity contribution in [3.8, 4) is 11.5 Å². The van der Waals surface area contributed by atoms with Crippen LogP contribution in [-0.2, 0) is 4.74 Å². The summed E-state index contributed by atoms with van der Waals surface area (Å²) in [5.41, 5.74) is 6.95. The highest BCUT2D eigenvalue weighted by atomic mass is 79.9. The number of hydrogen-bond acceptors (Lipinski definition) is 5. The maximum Gasteiger partial charge on any atom is 0.231 e. The molecule has 0 saturated carbocycles. The number of halogens is 1. The number of rotatable bonds is 5. The molecule has 6 heteroatoms. The standard InChI is InChI=1S/C15H21BrN2O3/c1-15(3-2-4-21-15)8-18-12(7-17)10-5-11(16)14-13(6-10)19-9-20-14/h5-6,12,18H,2-4,7-9,17H2,1H3. The summed E-state index contributed by atoms with van der Waals surface area (Å²) in [6.45, 7) is 4.57. The Hall–Kier alpha value is -0.820. The Morgan fingerprint density at radius 1 is 1.43 bits per heavy atom. The highest BCUT2D eigenvalue weighted by Crippen LogP contribution is 2.41. The molecule has 1 fully saturated rings. The van der Waals surface area contributed by atoms with E-state index >= 15 is 0 Å². The molecular weight excluding hydrogens is 336 g/mol. The first-order chi connectivity index (χ1) is 10.1. The van der Waals surface area contributed by atoms with Crippen molar-refractivity contribution in [2.45, 2.75) is 31.4 Å². The van der Waals surface area contributed by atoms with E-state index in [1.165, 1.54) is 0 Å². The Kier molecular flexibility index (Phi) is 4.40. The number of benzene rings is 1. The van der Waals surface area contributed by atoms with Gasteiger partial charge in [-0.25, -0.2) is 0 Å². The van der Waals surface area contributed by atoms with Crippen LogP contribution >= 0.6 is 15.9 Å². The Balaban J connectivity index is 1.72. The number of hydrogen-bond donors (Lipinski definition) is 2. The summed E-state index contributed by atoms with van der Waals surface area (Å²) in [6, 6.07) is 4.10. The molecule has 3 rings (SSSR count). The molecule has 1 aromatic carbocycles. The van der Waals surface area contributed by atoms with Gasteiger partial charge in [-0.3, -0.25) is 0 Å². The fourth-order valence-corrected chi connectivity index (χ4v) is 3.42. The predicted molar refractivity (Wildman–Crippen MR) is 83.7 cm³/mol. The first kappa shape index (κ1) is 15.1. The Bertz CT molecular complexity index is 518. The molecule has 0 bridgehead atoms. The van der Waals surface area contributed by atoms with Crippen LogP contribution in [0.2, 0.25) is 0 Å². The van der Waals surface area contributed by atoms with Crippen LogP contribution in [0.25, 0.3) is 0 Å². The van der Waals surface area contributed by atoms with Crippen molar-refractivity contribution < 1.29 is 14.2 Å². The van der Waals surface area contributed by atoms with Crippen molar-refractivity contribution in [2.24, 2.45) is 5.73 Å². The molecular formula is C15H21BrN2O3. The average molecular weight is 357 g/mol. The summed E-state index contributed by atoms with van der Waals surface area (Å²) < 4.78 is 17.6. The summed E-state index contributed by atoms with van der Waals surface area (Å²) in [5, 5.41) is 3.52. The number of nitrogens with one attached hydrogen (secondary N) is 1. The molecule has 116 valence electrons. The lowest BCUT2D eigenvalue weighted by Gasteiger charge is -2.27. The van der Waals surface area contributed by atoms with Gasteiger partial charge in [-0.2, -0.15) is 0 Å². The quantitative estimate of drug-likeness (QED) is 0.847. The second kappa shape index (κ2) is 6.12. The van der Waals surface area contributed by atoms with Crippen LogP contribution in [0.5, 0.6) is 11.5 Å². The van der Waals surface area contributed by atoms with Gasteiger partial charge in [0.1, 0.15) is 0 Å². The maximum absolute atomic E-state index is 5.94. The van der Waals surface area contributed by atoms with Crippen LogP contribution in [0.1, 0.15) is 31.4 Å². The molecule has 0 spiro atoms. The summed E-state index contributed by atoms with van der Waals surface area (Å²) in [6.07, 6.45) is 2.21. The lowest BCUT2D eigenvalue weighted by Crippen LogP contribution is -2.41. The van der Waals surface area contributed by atoms with Gasteiger partial charge in [0.05, 0.1) is 10.1 Å². The van der Waals surface area contributed by atoms with Gasteiger partial charge < -0.3 is 25.3 Å². The smallest absolute Gasteiger partial charge is 0.231 e. The minimum Gasteiger partial charge on any atom is -0.454 e. The first-order valence-electron chi connectivity index (χ1n) is 7.28. The monoisotopic (exact) mass is 356 g/mol. The van der Waals surface area contributed by atoms with E-state index < -0.39 is 0 Å². The third-order valence-electron chi connectivity index (χ3n) is 4.11.